The van der Waals surface area contributed by atoms with Gasteiger partial charge in [-0.05, 0) is 38.4 Å². The van der Waals surface area contributed by atoms with E-state index < -0.39 is 22.9 Å². The van der Waals surface area contributed by atoms with E-state index in [1.165, 1.54) is 0 Å². The third kappa shape index (κ3) is 3.26. The van der Waals surface area contributed by atoms with Gasteiger partial charge in [-0.15, -0.1) is 0 Å². The van der Waals surface area contributed by atoms with Crippen LogP contribution in [0.5, 0.6) is 0 Å². The van der Waals surface area contributed by atoms with Gasteiger partial charge in [0, 0.05) is 23.4 Å². The van der Waals surface area contributed by atoms with E-state index in [2.05, 4.69) is 10.3 Å². The number of Topliss-reactive ketones (excluding diaryl/α,β-unsaturated/α-hetero) is 1. The predicted octanol–water partition coefficient (Wildman–Crippen LogP) is 3.45. The largest absolute Gasteiger partial charge is 0.417 e. The number of halogens is 3. The first-order valence-electron chi connectivity index (χ1n) is 7.17. The summed E-state index contributed by atoms with van der Waals surface area (Å²) in [7, 11) is 0. The van der Waals surface area contributed by atoms with Gasteiger partial charge in [-0.2, -0.15) is 13.2 Å². The molecule has 21 heavy (non-hydrogen) atoms. The Morgan fingerprint density at radius 3 is 2.62 bits per heavy atom. The molecular formula is C15H19F3N2O. The second-order valence-electron chi connectivity index (χ2n) is 5.53. The van der Waals surface area contributed by atoms with Crippen molar-refractivity contribution in [3.05, 3.63) is 29.6 Å². The lowest BCUT2D eigenvalue weighted by atomic mass is 9.70. The molecule has 1 saturated heterocycles. The number of carbonyl (C=O) groups excluding carboxylic acids is 1. The van der Waals surface area contributed by atoms with Crippen LogP contribution < -0.4 is 5.32 Å². The van der Waals surface area contributed by atoms with E-state index in [-0.39, 0.29) is 5.56 Å². The highest BCUT2D eigenvalue weighted by molar-refractivity contribution is 6.01. The fourth-order valence-corrected chi connectivity index (χ4v) is 3.08. The van der Waals surface area contributed by atoms with Crippen molar-refractivity contribution in [1.29, 1.82) is 0 Å². The van der Waals surface area contributed by atoms with Gasteiger partial charge in [-0.25, -0.2) is 0 Å². The average molecular weight is 300 g/mol. The topological polar surface area (TPSA) is 42.0 Å². The van der Waals surface area contributed by atoms with Crippen LogP contribution in [0.25, 0.3) is 0 Å². The summed E-state index contributed by atoms with van der Waals surface area (Å²) in [5, 5.41) is 3.16. The Balaban J connectivity index is 2.42. The van der Waals surface area contributed by atoms with Gasteiger partial charge in [0.2, 0.25) is 0 Å². The van der Waals surface area contributed by atoms with Crippen molar-refractivity contribution in [2.75, 3.05) is 13.1 Å². The molecule has 1 aromatic heterocycles. The number of rotatable bonds is 4. The highest BCUT2D eigenvalue weighted by atomic mass is 19.4. The number of hydrogen-bond donors (Lipinski definition) is 1. The van der Waals surface area contributed by atoms with Gasteiger partial charge in [0.05, 0.1) is 5.56 Å². The lowest BCUT2D eigenvalue weighted by molar-refractivity contribution is -0.138. The standard InChI is InChI=1S/C15H19F3N2O/c1-2-4-14(5-8-19-9-6-14)13(21)11-10-20-7-3-12(11)15(16,17)18/h3,7,10,19H,2,4-6,8-9H2,1H3. The summed E-state index contributed by atoms with van der Waals surface area (Å²) in [5.41, 5.74) is -1.86. The summed E-state index contributed by atoms with van der Waals surface area (Å²) in [4.78, 5) is 16.5. The van der Waals surface area contributed by atoms with E-state index in [0.717, 1.165) is 24.9 Å². The van der Waals surface area contributed by atoms with Crippen molar-refractivity contribution in [1.82, 2.24) is 10.3 Å². The summed E-state index contributed by atoms with van der Waals surface area (Å²) >= 11 is 0. The molecule has 0 saturated carbocycles. The zero-order valence-electron chi connectivity index (χ0n) is 12.0. The molecule has 1 N–H and O–H groups in total. The minimum absolute atomic E-state index is 0.291. The molecule has 0 spiro atoms. The Morgan fingerprint density at radius 2 is 2.05 bits per heavy atom. The molecular weight excluding hydrogens is 281 g/mol. The molecule has 2 rings (SSSR count). The second kappa shape index (κ2) is 6.13. The Hall–Kier alpha value is -1.43. The van der Waals surface area contributed by atoms with Crippen molar-refractivity contribution in [3.63, 3.8) is 0 Å². The zero-order valence-corrected chi connectivity index (χ0v) is 12.0. The third-order valence-corrected chi connectivity index (χ3v) is 4.14. The molecule has 0 aliphatic carbocycles. The first-order chi connectivity index (χ1) is 9.91. The van der Waals surface area contributed by atoms with E-state index in [4.69, 9.17) is 0 Å². The molecule has 6 heteroatoms. The van der Waals surface area contributed by atoms with Crippen LogP contribution in [-0.2, 0) is 6.18 Å². The van der Waals surface area contributed by atoms with Gasteiger partial charge < -0.3 is 5.32 Å². The Kier molecular flexibility index (Phi) is 4.66. The van der Waals surface area contributed by atoms with Crippen molar-refractivity contribution in [2.45, 2.75) is 38.8 Å². The Bertz CT molecular complexity index is 502. The van der Waals surface area contributed by atoms with Gasteiger partial charge in [0.1, 0.15) is 0 Å². The number of alkyl halides is 3. The summed E-state index contributed by atoms with van der Waals surface area (Å²) in [6.07, 6.45) is 0.137. The normalized spacial score (nSPS) is 18.5. The van der Waals surface area contributed by atoms with Crippen LogP contribution in [0.2, 0.25) is 0 Å². The monoisotopic (exact) mass is 300 g/mol. The van der Waals surface area contributed by atoms with E-state index in [9.17, 15) is 18.0 Å². The molecule has 1 aliphatic heterocycles. The number of aromatic nitrogens is 1. The van der Waals surface area contributed by atoms with Crippen molar-refractivity contribution in [2.24, 2.45) is 5.41 Å². The number of carbonyl (C=O) groups is 1. The Labute approximate surface area is 122 Å². The minimum Gasteiger partial charge on any atom is -0.317 e. The first kappa shape index (κ1) is 15.9. The second-order valence-corrected chi connectivity index (χ2v) is 5.53. The number of nitrogens with zero attached hydrogens (tertiary/aromatic N) is 1. The van der Waals surface area contributed by atoms with Crippen molar-refractivity contribution < 1.29 is 18.0 Å². The van der Waals surface area contributed by atoms with E-state index in [1.54, 1.807) is 0 Å². The predicted molar refractivity (Wildman–Crippen MR) is 73.0 cm³/mol. The number of hydrogen-bond acceptors (Lipinski definition) is 3. The molecule has 3 nitrogen and oxygen atoms in total. The summed E-state index contributed by atoms with van der Waals surface area (Å²) in [5.74, 6) is -0.411. The first-order valence-corrected chi connectivity index (χ1v) is 7.17. The Morgan fingerprint density at radius 1 is 1.38 bits per heavy atom. The highest BCUT2D eigenvalue weighted by Gasteiger charge is 2.43. The lowest BCUT2D eigenvalue weighted by Gasteiger charge is -2.36. The van der Waals surface area contributed by atoms with Gasteiger partial charge in [0.25, 0.3) is 0 Å². The average Bonchev–Trinajstić information content (AvgIpc) is 2.47. The van der Waals surface area contributed by atoms with Crippen LogP contribution in [0.4, 0.5) is 13.2 Å². The van der Waals surface area contributed by atoms with Gasteiger partial charge in [-0.3, -0.25) is 9.78 Å². The molecule has 0 unspecified atom stereocenters. The number of nitrogens with one attached hydrogen (secondary N) is 1. The fraction of sp³-hybridized carbons (Fsp3) is 0.600. The van der Waals surface area contributed by atoms with Crippen LogP contribution in [0, 0.1) is 5.41 Å². The molecule has 1 aliphatic rings. The van der Waals surface area contributed by atoms with E-state index >= 15 is 0 Å². The van der Waals surface area contributed by atoms with Crippen LogP contribution in [0.1, 0.15) is 48.5 Å². The quantitative estimate of drug-likeness (QED) is 0.866. The zero-order chi connectivity index (χ0) is 15.5. The highest BCUT2D eigenvalue weighted by Crippen LogP contribution is 2.40. The van der Waals surface area contributed by atoms with Gasteiger partial charge in [-0.1, -0.05) is 13.3 Å². The van der Waals surface area contributed by atoms with Crippen molar-refractivity contribution in [3.8, 4) is 0 Å². The SMILES string of the molecule is CCCC1(C(=O)c2cnccc2C(F)(F)F)CCNCC1. The summed E-state index contributed by atoms with van der Waals surface area (Å²) in [6.45, 7) is 3.27. The number of pyridine rings is 1. The van der Waals surface area contributed by atoms with Crippen LogP contribution in [0.15, 0.2) is 18.5 Å². The molecule has 2 heterocycles. The van der Waals surface area contributed by atoms with Crippen LogP contribution >= 0.6 is 0 Å². The lowest BCUT2D eigenvalue weighted by Crippen LogP contribution is -2.42. The van der Waals surface area contributed by atoms with E-state index in [0.29, 0.717) is 32.4 Å². The van der Waals surface area contributed by atoms with E-state index in [1.807, 2.05) is 6.92 Å². The van der Waals surface area contributed by atoms with Crippen LogP contribution in [-0.4, -0.2) is 23.9 Å². The number of piperidine rings is 1. The maximum Gasteiger partial charge on any atom is 0.417 e. The van der Waals surface area contributed by atoms with Crippen molar-refractivity contribution >= 4 is 5.78 Å². The third-order valence-electron chi connectivity index (χ3n) is 4.14. The molecule has 0 radical (unpaired) electrons. The molecule has 116 valence electrons. The summed E-state index contributed by atoms with van der Waals surface area (Å²) in [6, 6.07) is 0.883. The van der Waals surface area contributed by atoms with Gasteiger partial charge in [0.15, 0.2) is 5.78 Å². The smallest absolute Gasteiger partial charge is 0.317 e. The fourth-order valence-electron chi connectivity index (χ4n) is 3.08. The maximum absolute atomic E-state index is 13.1. The molecule has 0 aromatic carbocycles. The maximum atomic E-state index is 13.1. The molecule has 1 fully saturated rings. The van der Waals surface area contributed by atoms with Gasteiger partial charge >= 0.3 is 6.18 Å². The summed E-state index contributed by atoms with van der Waals surface area (Å²) < 4.78 is 39.3. The van der Waals surface area contributed by atoms with Crippen LogP contribution in [0.3, 0.4) is 0 Å². The minimum atomic E-state index is -4.53. The molecule has 0 amide bonds. The molecule has 0 bridgehead atoms. The molecule has 0 atom stereocenters. The number of ketones is 1. The molecule has 1 aromatic rings.